The van der Waals surface area contributed by atoms with Crippen LogP contribution < -0.4 is 10.6 Å². The van der Waals surface area contributed by atoms with Crippen LogP contribution >= 0.6 is 11.6 Å². The van der Waals surface area contributed by atoms with Crippen LogP contribution in [-0.2, 0) is 0 Å². The Bertz CT molecular complexity index is 476. The van der Waals surface area contributed by atoms with Gasteiger partial charge in [0.15, 0.2) is 5.84 Å². The average Bonchev–Trinajstić information content (AvgIpc) is 2.62. The number of benzene rings is 1. The molecule has 1 unspecified atom stereocenters. The van der Waals surface area contributed by atoms with Gasteiger partial charge in [0.1, 0.15) is 0 Å². The SMILES string of the molecule is CC1CCCCCN1c1ccc(C(N)=NO)cc1Cl. The van der Waals surface area contributed by atoms with E-state index in [9.17, 15) is 0 Å². The van der Waals surface area contributed by atoms with E-state index in [0.717, 1.165) is 12.2 Å². The van der Waals surface area contributed by atoms with Crippen molar-refractivity contribution < 1.29 is 5.21 Å². The molecular formula is C14H20ClN3O. The number of nitrogens with zero attached hydrogens (tertiary/aromatic N) is 2. The Morgan fingerprint density at radius 3 is 2.89 bits per heavy atom. The molecule has 1 fully saturated rings. The fourth-order valence-electron chi connectivity index (χ4n) is 2.59. The Labute approximate surface area is 118 Å². The minimum Gasteiger partial charge on any atom is -0.409 e. The third kappa shape index (κ3) is 3.13. The molecule has 1 heterocycles. The van der Waals surface area contributed by atoms with Gasteiger partial charge in [-0.25, -0.2) is 0 Å². The second kappa shape index (κ2) is 6.15. The topological polar surface area (TPSA) is 61.8 Å². The lowest BCUT2D eigenvalue weighted by atomic mass is 10.1. The summed E-state index contributed by atoms with van der Waals surface area (Å²) in [4.78, 5) is 2.35. The van der Waals surface area contributed by atoms with Gasteiger partial charge in [-0.15, -0.1) is 0 Å². The van der Waals surface area contributed by atoms with Crippen molar-refractivity contribution in [2.75, 3.05) is 11.4 Å². The smallest absolute Gasteiger partial charge is 0.170 e. The van der Waals surface area contributed by atoms with Gasteiger partial charge in [0.25, 0.3) is 0 Å². The van der Waals surface area contributed by atoms with Crippen molar-refractivity contribution in [2.24, 2.45) is 10.9 Å². The summed E-state index contributed by atoms with van der Waals surface area (Å²) < 4.78 is 0. The zero-order valence-corrected chi connectivity index (χ0v) is 11.9. The van der Waals surface area contributed by atoms with Crippen molar-refractivity contribution in [3.8, 4) is 0 Å². The predicted molar refractivity (Wildman–Crippen MR) is 79.2 cm³/mol. The first kappa shape index (κ1) is 14.0. The molecule has 0 amide bonds. The van der Waals surface area contributed by atoms with Crippen LogP contribution in [0.1, 0.15) is 38.2 Å². The maximum absolute atomic E-state index is 8.69. The molecule has 1 saturated heterocycles. The Balaban J connectivity index is 2.29. The van der Waals surface area contributed by atoms with Gasteiger partial charge in [-0.2, -0.15) is 0 Å². The summed E-state index contributed by atoms with van der Waals surface area (Å²) in [6.07, 6.45) is 4.94. The molecule has 4 nitrogen and oxygen atoms in total. The van der Waals surface area contributed by atoms with Crippen LogP contribution in [0.5, 0.6) is 0 Å². The van der Waals surface area contributed by atoms with Crippen molar-refractivity contribution in [2.45, 2.75) is 38.6 Å². The highest BCUT2D eigenvalue weighted by Crippen LogP contribution is 2.31. The van der Waals surface area contributed by atoms with Crippen LogP contribution in [0, 0.1) is 0 Å². The molecule has 1 aliphatic rings. The monoisotopic (exact) mass is 281 g/mol. The molecule has 19 heavy (non-hydrogen) atoms. The lowest BCUT2D eigenvalue weighted by Gasteiger charge is -2.30. The zero-order chi connectivity index (χ0) is 13.8. The second-order valence-electron chi connectivity index (χ2n) is 5.04. The Kier molecular flexibility index (Phi) is 4.53. The molecular weight excluding hydrogens is 262 g/mol. The molecule has 1 aromatic carbocycles. The quantitative estimate of drug-likeness (QED) is 0.379. The van der Waals surface area contributed by atoms with E-state index >= 15 is 0 Å². The fourth-order valence-corrected chi connectivity index (χ4v) is 2.88. The fraction of sp³-hybridized carbons (Fsp3) is 0.500. The first-order valence-corrected chi connectivity index (χ1v) is 7.05. The predicted octanol–water partition coefficient (Wildman–Crippen LogP) is 3.20. The van der Waals surface area contributed by atoms with Crippen molar-refractivity contribution >= 4 is 23.1 Å². The average molecular weight is 282 g/mol. The van der Waals surface area contributed by atoms with Crippen LogP contribution in [0.3, 0.4) is 0 Å². The summed E-state index contributed by atoms with van der Waals surface area (Å²) in [6, 6.07) is 6.05. The minimum atomic E-state index is 0.0809. The van der Waals surface area contributed by atoms with E-state index in [1.807, 2.05) is 12.1 Å². The number of hydrogen-bond donors (Lipinski definition) is 2. The largest absolute Gasteiger partial charge is 0.409 e. The minimum absolute atomic E-state index is 0.0809. The van der Waals surface area contributed by atoms with E-state index in [2.05, 4.69) is 17.0 Å². The molecule has 0 spiro atoms. The first-order valence-electron chi connectivity index (χ1n) is 6.67. The summed E-state index contributed by atoms with van der Waals surface area (Å²) in [5.41, 5.74) is 7.24. The van der Waals surface area contributed by atoms with Crippen LogP contribution in [0.25, 0.3) is 0 Å². The van der Waals surface area contributed by atoms with Crippen molar-refractivity contribution in [1.29, 1.82) is 0 Å². The summed E-state index contributed by atoms with van der Waals surface area (Å²) in [5, 5.41) is 12.3. The summed E-state index contributed by atoms with van der Waals surface area (Å²) in [7, 11) is 0. The Morgan fingerprint density at radius 1 is 1.42 bits per heavy atom. The van der Waals surface area contributed by atoms with Gasteiger partial charge in [0.05, 0.1) is 10.7 Å². The molecule has 0 aromatic heterocycles. The van der Waals surface area contributed by atoms with E-state index in [1.54, 1.807) is 6.07 Å². The standard InChI is InChI=1S/C14H20ClN3O/c1-10-5-3-2-4-8-18(10)13-7-6-11(9-12(13)15)14(16)17-19/h6-7,9-10,19H,2-5,8H2,1H3,(H2,16,17). The van der Waals surface area contributed by atoms with Crippen LogP contribution in [0.4, 0.5) is 5.69 Å². The van der Waals surface area contributed by atoms with Gasteiger partial charge in [0, 0.05) is 18.2 Å². The van der Waals surface area contributed by atoms with Crippen molar-refractivity contribution in [1.82, 2.24) is 0 Å². The van der Waals surface area contributed by atoms with Crippen molar-refractivity contribution in [3.63, 3.8) is 0 Å². The van der Waals surface area contributed by atoms with Gasteiger partial charge >= 0.3 is 0 Å². The molecule has 1 atom stereocenters. The molecule has 1 aliphatic heterocycles. The van der Waals surface area contributed by atoms with E-state index < -0.39 is 0 Å². The molecule has 0 radical (unpaired) electrons. The maximum atomic E-state index is 8.69. The highest BCUT2D eigenvalue weighted by molar-refractivity contribution is 6.33. The number of amidine groups is 1. The summed E-state index contributed by atoms with van der Waals surface area (Å²) in [6.45, 7) is 3.27. The van der Waals surface area contributed by atoms with E-state index in [4.69, 9.17) is 22.5 Å². The lowest BCUT2D eigenvalue weighted by molar-refractivity contribution is 0.318. The lowest BCUT2D eigenvalue weighted by Crippen LogP contribution is -2.32. The van der Waals surface area contributed by atoms with E-state index in [-0.39, 0.29) is 5.84 Å². The highest BCUT2D eigenvalue weighted by Gasteiger charge is 2.19. The number of oxime groups is 1. The third-order valence-electron chi connectivity index (χ3n) is 3.71. The summed E-state index contributed by atoms with van der Waals surface area (Å²) in [5.74, 6) is 0.0809. The molecule has 3 N–H and O–H groups in total. The molecule has 104 valence electrons. The maximum Gasteiger partial charge on any atom is 0.170 e. The van der Waals surface area contributed by atoms with Gasteiger partial charge in [0.2, 0.25) is 0 Å². The Morgan fingerprint density at radius 2 is 2.21 bits per heavy atom. The highest BCUT2D eigenvalue weighted by atomic mass is 35.5. The third-order valence-corrected chi connectivity index (χ3v) is 4.02. The second-order valence-corrected chi connectivity index (χ2v) is 5.45. The number of nitrogens with two attached hydrogens (primary N) is 1. The summed E-state index contributed by atoms with van der Waals surface area (Å²) >= 11 is 6.35. The number of anilines is 1. The first-order chi connectivity index (χ1) is 9.13. The molecule has 0 aliphatic carbocycles. The van der Waals surface area contributed by atoms with Crippen LogP contribution in [-0.4, -0.2) is 23.6 Å². The molecule has 1 aromatic rings. The normalized spacial score (nSPS) is 21.3. The molecule has 0 saturated carbocycles. The van der Waals surface area contributed by atoms with Crippen LogP contribution in [0.2, 0.25) is 5.02 Å². The molecule has 0 bridgehead atoms. The Hall–Kier alpha value is -1.42. The van der Waals surface area contributed by atoms with Gasteiger partial charge in [-0.1, -0.05) is 29.6 Å². The van der Waals surface area contributed by atoms with E-state index in [1.165, 1.54) is 25.7 Å². The zero-order valence-electron chi connectivity index (χ0n) is 11.1. The van der Waals surface area contributed by atoms with Gasteiger partial charge in [-0.05, 0) is 38.0 Å². The number of hydrogen-bond acceptors (Lipinski definition) is 3. The van der Waals surface area contributed by atoms with Gasteiger partial charge in [-0.3, -0.25) is 0 Å². The number of rotatable bonds is 2. The molecule has 5 heteroatoms. The van der Waals surface area contributed by atoms with E-state index in [0.29, 0.717) is 16.6 Å². The van der Waals surface area contributed by atoms with Gasteiger partial charge < -0.3 is 15.8 Å². The van der Waals surface area contributed by atoms with Crippen LogP contribution in [0.15, 0.2) is 23.4 Å². The van der Waals surface area contributed by atoms with Crippen molar-refractivity contribution in [3.05, 3.63) is 28.8 Å². The molecule has 2 rings (SSSR count). The number of halogens is 1.